The van der Waals surface area contributed by atoms with Gasteiger partial charge >= 0.3 is 0 Å². The summed E-state index contributed by atoms with van der Waals surface area (Å²) in [6.45, 7) is 0. The Balaban J connectivity index is 2.55. The Kier molecular flexibility index (Phi) is 2.28. The highest BCUT2D eigenvalue weighted by molar-refractivity contribution is 9.10. The van der Waals surface area contributed by atoms with Gasteiger partial charge in [-0.15, -0.1) is 11.3 Å². The van der Waals surface area contributed by atoms with E-state index in [1.165, 1.54) is 0 Å². The van der Waals surface area contributed by atoms with Gasteiger partial charge in [-0.05, 0) is 33.4 Å². The molecule has 0 fully saturated rings. The van der Waals surface area contributed by atoms with Crippen molar-refractivity contribution in [2.75, 3.05) is 0 Å². The van der Waals surface area contributed by atoms with Gasteiger partial charge in [0, 0.05) is 0 Å². The molecule has 0 aliphatic heterocycles. The molecule has 0 amide bonds. The van der Waals surface area contributed by atoms with Gasteiger partial charge in [0.05, 0.1) is 9.35 Å². The highest BCUT2D eigenvalue weighted by atomic mass is 79.9. The predicted octanol–water partition coefficient (Wildman–Crippen LogP) is 2.26. The molecule has 2 aromatic heterocycles. The average Bonchev–Trinajstić information content (AvgIpc) is 2.62. The van der Waals surface area contributed by atoms with E-state index in [0.29, 0.717) is 4.47 Å². The van der Waals surface area contributed by atoms with E-state index in [0.717, 1.165) is 10.6 Å². The van der Waals surface area contributed by atoms with E-state index in [2.05, 4.69) is 26.1 Å². The Morgan fingerprint density at radius 1 is 1.54 bits per heavy atom. The minimum Gasteiger partial charge on any atom is -0.267 e. The zero-order valence-corrected chi connectivity index (χ0v) is 8.85. The van der Waals surface area contributed by atoms with Crippen molar-refractivity contribution in [3.8, 4) is 10.6 Å². The maximum Gasteiger partial charge on any atom is 0.278 e. The third-order valence-electron chi connectivity index (χ3n) is 1.53. The standard InChI is InChI=1S/C8H5BrN2OS/c9-5-4-6(10-11-8(5)12)7-2-1-3-13-7/h1-4H,(H,11,12). The van der Waals surface area contributed by atoms with Crippen LogP contribution >= 0.6 is 27.3 Å². The Bertz CT molecular complexity index is 463. The van der Waals surface area contributed by atoms with Crippen molar-refractivity contribution in [1.82, 2.24) is 10.2 Å². The molecule has 13 heavy (non-hydrogen) atoms. The summed E-state index contributed by atoms with van der Waals surface area (Å²) in [6, 6.07) is 5.61. The number of halogens is 1. The van der Waals surface area contributed by atoms with Gasteiger partial charge in [-0.3, -0.25) is 4.79 Å². The first-order valence-corrected chi connectivity index (χ1v) is 5.24. The maximum absolute atomic E-state index is 11.0. The van der Waals surface area contributed by atoms with Crippen LogP contribution in [-0.4, -0.2) is 10.2 Å². The van der Waals surface area contributed by atoms with Gasteiger partial charge in [-0.1, -0.05) is 6.07 Å². The van der Waals surface area contributed by atoms with Crippen LogP contribution in [0, 0.1) is 0 Å². The van der Waals surface area contributed by atoms with E-state index in [1.807, 2.05) is 17.5 Å². The molecule has 0 aliphatic carbocycles. The lowest BCUT2D eigenvalue weighted by atomic mass is 10.3. The van der Waals surface area contributed by atoms with Crippen LogP contribution in [0.1, 0.15) is 0 Å². The number of thiophene rings is 1. The van der Waals surface area contributed by atoms with Crippen LogP contribution in [0.25, 0.3) is 10.6 Å². The topological polar surface area (TPSA) is 45.8 Å². The number of nitrogens with zero attached hydrogens (tertiary/aromatic N) is 1. The summed E-state index contributed by atoms with van der Waals surface area (Å²) in [5.41, 5.74) is 0.571. The maximum atomic E-state index is 11.0. The Hall–Kier alpha value is -0.940. The second-order valence-electron chi connectivity index (χ2n) is 2.41. The van der Waals surface area contributed by atoms with Crippen LogP contribution in [0.3, 0.4) is 0 Å². The van der Waals surface area contributed by atoms with E-state index >= 15 is 0 Å². The first-order valence-electron chi connectivity index (χ1n) is 3.56. The number of aromatic amines is 1. The first kappa shape index (κ1) is 8.65. The van der Waals surface area contributed by atoms with Gasteiger partial charge in [0.1, 0.15) is 5.69 Å². The molecular formula is C8H5BrN2OS. The molecule has 0 bridgehead atoms. The molecule has 2 heterocycles. The molecule has 0 unspecified atom stereocenters. The third kappa shape index (κ3) is 1.71. The smallest absolute Gasteiger partial charge is 0.267 e. The molecule has 66 valence electrons. The van der Waals surface area contributed by atoms with E-state index in [-0.39, 0.29) is 5.56 Å². The number of hydrogen-bond donors (Lipinski definition) is 1. The molecule has 5 heteroatoms. The monoisotopic (exact) mass is 256 g/mol. The van der Waals surface area contributed by atoms with Crippen LogP contribution in [0.15, 0.2) is 32.8 Å². The summed E-state index contributed by atoms with van der Waals surface area (Å²) in [7, 11) is 0. The lowest BCUT2D eigenvalue weighted by molar-refractivity contribution is 0.988. The van der Waals surface area contributed by atoms with Crippen LogP contribution in [-0.2, 0) is 0 Å². The highest BCUT2D eigenvalue weighted by Crippen LogP contribution is 2.22. The van der Waals surface area contributed by atoms with E-state index in [1.54, 1.807) is 17.4 Å². The summed E-state index contributed by atoms with van der Waals surface area (Å²) in [4.78, 5) is 12.0. The normalized spacial score (nSPS) is 10.2. The van der Waals surface area contributed by atoms with E-state index < -0.39 is 0 Å². The van der Waals surface area contributed by atoms with Crippen molar-refractivity contribution in [2.45, 2.75) is 0 Å². The van der Waals surface area contributed by atoms with Crippen molar-refractivity contribution in [2.24, 2.45) is 0 Å². The van der Waals surface area contributed by atoms with Crippen LogP contribution in [0.4, 0.5) is 0 Å². The minimum atomic E-state index is -0.208. The largest absolute Gasteiger partial charge is 0.278 e. The molecule has 2 aromatic rings. The molecule has 0 atom stereocenters. The number of nitrogens with one attached hydrogen (secondary N) is 1. The Labute approximate surface area is 86.6 Å². The van der Waals surface area contributed by atoms with Crippen molar-refractivity contribution < 1.29 is 0 Å². The zero-order valence-electron chi connectivity index (χ0n) is 6.45. The van der Waals surface area contributed by atoms with Crippen LogP contribution < -0.4 is 5.56 Å². The molecule has 2 rings (SSSR count). The zero-order chi connectivity index (χ0) is 9.26. The van der Waals surface area contributed by atoms with Crippen molar-refractivity contribution in [3.63, 3.8) is 0 Å². The van der Waals surface area contributed by atoms with Gasteiger partial charge in [-0.25, -0.2) is 5.10 Å². The summed E-state index contributed by atoms with van der Waals surface area (Å²) >= 11 is 4.74. The van der Waals surface area contributed by atoms with Gasteiger partial charge in [-0.2, -0.15) is 5.10 Å². The van der Waals surface area contributed by atoms with E-state index in [4.69, 9.17) is 0 Å². The van der Waals surface area contributed by atoms with Crippen LogP contribution in [0.5, 0.6) is 0 Å². The molecule has 0 radical (unpaired) electrons. The summed E-state index contributed by atoms with van der Waals surface area (Å²) in [5.74, 6) is 0. The third-order valence-corrected chi connectivity index (χ3v) is 3.01. The lowest BCUT2D eigenvalue weighted by Crippen LogP contribution is -2.08. The Morgan fingerprint density at radius 2 is 2.38 bits per heavy atom. The van der Waals surface area contributed by atoms with Gasteiger partial charge in [0.2, 0.25) is 0 Å². The second kappa shape index (κ2) is 3.43. The lowest BCUT2D eigenvalue weighted by Gasteiger charge is -1.94. The fraction of sp³-hybridized carbons (Fsp3) is 0. The molecule has 0 spiro atoms. The Morgan fingerprint density at radius 3 is 3.00 bits per heavy atom. The minimum absolute atomic E-state index is 0.208. The molecule has 0 aliphatic rings. The second-order valence-corrected chi connectivity index (χ2v) is 4.21. The first-order chi connectivity index (χ1) is 6.27. The number of hydrogen-bond acceptors (Lipinski definition) is 3. The van der Waals surface area contributed by atoms with Crippen molar-refractivity contribution in [3.05, 3.63) is 38.4 Å². The molecule has 3 nitrogen and oxygen atoms in total. The van der Waals surface area contributed by atoms with Gasteiger partial charge in [0.15, 0.2) is 0 Å². The molecule has 1 N–H and O–H groups in total. The predicted molar refractivity (Wildman–Crippen MR) is 55.9 cm³/mol. The number of H-pyrrole nitrogens is 1. The molecule has 0 saturated carbocycles. The summed E-state index contributed by atoms with van der Waals surface area (Å²) in [5, 5.41) is 8.30. The fourth-order valence-electron chi connectivity index (χ4n) is 0.933. The summed E-state index contributed by atoms with van der Waals surface area (Å²) in [6.07, 6.45) is 0. The summed E-state index contributed by atoms with van der Waals surface area (Å²) < 4.78 is 0.505. The fourth-order valence-corrected chi connectivity index (χ4v) is 1.92. The van der Waals surface area contributed by atoms with Gasteiger partial charge in [0.25, 0.3) is 5.56 Å². The van der Waals surface area contributed by atoms with Crippen molar-refractivity contribution >= 4 is 27.3 Å². The highest BCUT2D eigenvalue weighted by Gasteiger charge is 2.02. The molecule has 0 aromatic carbocycles. The molecular weight excluding hydrogens is 252 g/mol. The van der Waals surface area contributed by atoms with Gasteiger partial charge < -0.3 is 0 Å². The van der Waals surface area contributed by atoms with Crippen LogP contribution in [0.2, 0.25) is 0 Å². The SMILES string of the molecule is O=c1[nH]nc(-c2cccs2)cc1Br. The molecule has 0 saturated heterocycles. The average molecular weight is 257 g/mol. The number of aromatic nitrogens is 2. The van der Waals surface area contributed by atoms with E-state index in [9.17, 15) is 4.79 Å². The van der Waals surface area contributed by atoms with Crippen molar-refractivity contribution in [1.29, 1.82) is 0 Å². The quantitative estimate of drug-likeness (QED) is 0.851. The number of rotatable bonds is 1.